The highest BCUT2D eigenvalue weighted by Crippen LogP contribution is 2.29. The average Bonchev–Trinajstić information content (AvgIpc) is 2.85. The van der Waals surface area contributed by atoms with Gasteiger partial charge in [-0.05, 0) is 45.4 Å². The molecule has 1 aliphatic rings. The standard InChI is InChI=1S/C13H13BrN2OS/c14-11-5-10(8-17)13(15-6-11)16-3-1-12-9(7-16)2-4-18-12/h2,4-6,17H,1,3,7-8H2. The normalized spacial score (nSPS) is 14.7. The van der Waals surface area contributed by atoms with Gasteiger partial charge in [-0.2, -0.15) is 0 Å². The molecule has 3 heterocycles. The van der Waals surface area contributed by atoms with Crippen LogP contribution in [0, 0.1) is 0 Å². The molecule has 5 heteroatoms. The Kier molecular flexibility index (Phi) is 3.37. The monoisotopic (exact) mass is 324 g/mol. The van der Waals surface area contributed by atoms with Crippen molar-refractivity contribution in [3.8, 4) is 0 Å². The summed E-state index contributed by atoms with van der Waals surface area (Å²) in [5.74, 6) is 0.901. The van der Waals surface area contributed by atoms with Gasteiger partial charge in [-0.15, -0.1) is 11.3 Å². The third-order valence-corrected chi connectivity index (χ3v) is 4.64. The number of anilines is 1. The lowest BCUT2D eigenvalue weighted by Crippen LogP contribution is -2.31. The molecule has 3 nitrogen and oxygen atoms in total. The maximum Gasteiger partial charge on any atom is 0.134 e. The number of hydrogen-bond donors (Lipinski definition) is 1. The molecular formula is C13H13BrN2OS. The molecule has 0 aliphatic carbocycles. The molecule has 0 fully saturated rings. The van der Waals surface area contributed by atoms with Crippen molar-refractivity contribution in [1.82, 2.24) is 4.98 Å². The lowest BCUT2D eigenvalue weighted by molar-refractivity contribution is 0.281. The molecule has 0 saturated carbocycles. The minimum absolute atomic E-state index is 0.0226. The summed E-state index contributed by atoms with van der Waals surface area (Å²) in [4.78, 5) is 8.18. The molecule has 0 saturated heterocycles. The van der Waals surface area contributed by atoms with E-state index in [1.165, 1.54) is 10.4 Å². The number of hydrogen-bond acceptors (Lipinski definition) is 4. The van der Waals surface area contributed by atoms with E-state index in [0.717, 1.165) is 35.4 Å². The fourth-order valence-electron chi connectivity index (χ4n) is 2.30. The van der Waals surface area contributed by atoms with Crippen LogP contribution in [0.15, 0.2) is 28.2 Å². The summed E-state index contributed by atoms with van der Waals surface area (Å²) in [6.07, 6.45) is 2.85. The van der Waals surface area contributed by atoms with Crippen molar-refractivity contribution in [3.63, 3.8) is 0 Å². The van der Waals surface area contributed by atoms with Crippen molar-refractivity contribution >= 4 is 33.1 Å². The van der Waals surface area contributed by atoms with Crippen LogP contribution in [0.25, 0.3) is 0 Å². The van der Waals surface area contributed by atoms with E-state index in [1.807, 2.05) is 17.4 Å². The smallest absolute Gasteiger partial charge is 0.134 e. The highest BCUT2D eigenvalue weighted by atomic mass is 79.9. The van der Waals surface area contributed by atoms with Gasteiger partial charge < -0.3 is 10.0 Å². The molecule has 2 aromatic rings. The van der Waals surface area contributed by atoms with Crippen molar-refractivity contribution in [2.75, 3.05) is 11.4 Å². The SMILES string of the molecule is OCc1cc(Br)cnc1N1CCc2sccc2C1. The Morgan fingerprint density at radius 1 is 1.50 bits per heavy atom. The Morgan fingerprint density at radius 2 is 2.39 bits per heavy atom. The Bertz CT molecular complexity index is 570. The van der Waals surface area contributed by atoms with Crippen molar-refractivity contribution < 1.29 is 5.11 Å². The van der Waals surface area contributed by atoms with Gasteiger partial charge in [0.15, 0.2) is 0 Å². The van der Waals surface area contributed by atoms with E-state index < -0.39 is 0 Å². The van der Waals surface area contributed by atoms with E-state index in [4.69, 9.17) is 0 Å². The van der Waals surface area contributed by atoms with Gasteiger partial charge in [-0.1, -0.05) is 0 Å². The van der Waals surface area contributed by atoms with Crippen LogP contribution in [0.2, 0.25) is 0 Å². The third-order valence-electron chi connectivity index (χ3n) is 3.19. The predicted octanol–water partition coefficient (Wildman–Crippen LogP) is 2.96. The molecule has 0 atom stereocenters. The Balaban J connectivity index is 1.93. The fourth-order valence-corrected chi connectivity index (χ4v) is 3.57. The lowest BCUT2D eigenvalue weighted by Gasteiger charge is -2.29. The van der Waals surface area contributed by atoms with E-state index in [2.05, 4.69) is 37.3 Å². The minimum atomic E-state index is 0.0226. The zero-order valence-corrected chi connectivity index (χ0v) is 12.2. The number of pyridine rings is 1. The van der Waals surface area contributed by atoms with Crippen molar-refractivity contribution in [2.24, 2.45) is 0 Å². The first-order valence-electron chi connectivity index (χ1n) is 5.83. The second-order valence-electron chi connectivity index (χ2n) is 4.33. The number of aliphatic hydroxyl groups is 1. The first-order valence-corrected chi connectivity index (χ1v) is 7.50. The number of fused-ring (bicyclic) bond motifs is 1. The highest BCUT2D eigenvalue weighted by Gasteiger charge is 2.20. The number of aromatic nitrogens is 1. The third kappa shape index (κ3) is 2.18. The average molecular weight is 325 g/mol. The highest BCUT2D eigenvalue weighted by molar-refractivity contribution is 9.10. The lowest BCUT2D eigenvalue weighted by atomic mass is 10.1. The van der Waals surface area contributed by atoms with Crippen LogP contribution in [-0.2, 0) is 19.6 Å². The second-order valence-corrected chi connectivity index (χ2v) is 6.25. The van der Waals surface area contributed by atoms with Crippen LogP contribution >= 0.6 is 27.3 Å². The summed E-state index contributed by atoms with van der Waals surface area (Å²) in [5, 5.41) is 11.6. The molecule has 0 bridgehead atoms. The van der Waals surface area contributed by atoms with Crippen LogP contribution in [0.5, 0.6) is 0 Å². The topological polar surface area (TPSA) is 36.4 Å². The van der Waals surface area contributed by atoms with Crippen LogP contribution < -0.4 is 4.90 Å². The quantitative estimate of drug-likeness (QED) is 0.922. The van der Waals surface area contributed by atoms with E-state index in [-0.39, 0.29) is 6.61 Å². The molecule has 2 aromatic heterocycles. The van der Waals surface area contributed by atoms with Crippen molar-refractivity contribution in [3.05, 3.63) is 44.2 Å². The van der Waals surface area contributed by atoms with Gasteiger partial charge in [0.1, 0.15) is 5.82 Å². The molecule has 0 amide bonds. The number of aliphatic hydroxyl groups excluding tert-OH is 1. The second kappa shape index (κ2) is 4.99. The largest absolute Gasteiger partial charge is 0.392 e. The summed E-state index contributed by atoms with van der Waals surface area (Å²) in [6, 6.07) is 4.12. The van der Waals surface area contributed by atoms with E-state index in [1.54, 1.807) is 6.20 Å². The zero-order chi connectivity index (χ0) is 12.5. The molecule has 0 aromatic carbocycles. The van der Waals surface area contributed by atoms with Gasteiger partial charge in [0.25, 0.3) is 0 Å². The van der Waals surface area contributed by atoms with Crippen molar-refractivity contribution in [2.45, 2.75) is 19.6 Å². The molecular weight excluding hydrogens is 312 g/mol. The van der Waals surface area contributed by atoms with Crippen LogP contribution in [-0.4, -0.2) is 16.6 Å². The maximum atomic E-state index is 9.44. The number of nitrogens with zero attached hydrogens (tertiary/aromatic N) is 2. The summed E-state index contributed by atoms with van der Waals surface area (Å²) in [6.45, 7) is 1.88. The fraction of sp³-hybridized carbons (Fsp3) is 0.308. The van der Waals surface area contributed by atoms with Gasteiger partial charge >= 0.3 is 0 Å². The Hall–Kier alpha value is -0.910. The zero-order valence-electron chi connectivity index (χ0n) is 9.77. The van der Waals surface area contributed by atoms with Gasteiger partial charge in [0, 0.05) is 34.2 Å². The molecule has 94 valence electrons. The number of rotatable bonds is 2. The number of halogens is 1. The van der Waals surface area contributed by atoms with Crippen LogP contribution in [0.4, 0.5) is 5.82 Å². The molecule has 18 heavy (non-hydrogen) atoms. The van der Waals surface area contributed by atoms with E-state index in [9.17, 15) is 5.11 Å². The molecule has 3 rings (SSSR count). The van der Waals surface area contributed by atoms with E-state index >= 15 is 0 Å². The Labute approximate surface area is 118 Å². The maximum absolute atomic E-state index is 9.44. The molecule has 1 N–H and O–H groups in total. The summed E-state index contributed by atoms with van der Waals surface area (Å²) in [7, 11) is 0. The van der Waals surface area contributed by atoms with Gasteiger partial charge in [0.05, 0.1) is 6.61 Å². The summed E-state index contributed by atoms with van der Waals surface area (Å²) in [5.41, 5.74) is 2.27. The first kappa shape index (κ1) is 12.1. The Morgan fingerprint density at radius 3 is 3.22 bits per heavy atom. The molecule has 0 unspecified atom stereocenters. The summed E-state index contributed by atoms with van der Waals surface area (Å²) >= 11 is 5.22. The van der Waals surface area contributed by atoms with Crippen molar-refractivity contribution in [1.29, 1.82) is 0 Å². The summed E-state index contributed by atoms with van der Waals surface area (Å²) < 4.78 is 0.906. The van der Waals surface area contributed by atoms with Gasteiger partial charge in [-0.25, -0.2) is 4.98 Å². The molecule has 1 aliphatic heterocycles. The minimum Gasteiger partial charge on any atom is -0.392 e. The van der Waals surface area contributed by atoms with E-state index in [0.29, 0.717) is 0 Å². The number of thiophene rings is 1. The van der Waals surface area contributed by atoms with Gasteiger partial charge in [-0.3, -0.25) is 0 Å². The first-order chi connectivity index (χ1) is 8.78. The predicted molar refractivity (Wildman–Crippen MR) is 76.9 cm³/mol. The molecule has 0 radical (unpaired) electrons. The van der Waals surface area contributed by atoms with Gasteiger partial charge in [0.2, 0.25) is 0 Å². The van der Waals surface area contributed by atoms with Crippen LogP contribution in [0.3, 0.4) is 0 Å². The van der Waals surface area contributed by atoms with Crippen LogP contribution in [0.1, 0.15) is 16.0 Å². The molecule has 0 spiro atoms.